The lowest BCUT2D eigenvalue weighted by atomic mass is 10.1. The van der Waals surface area contributed by atoms with Crippen molar-refractivity contribution in [2.75, 3.05) is 18.6 Å². The van der Waals surface area contributed by atoms with E-state index in [0.29, 0.717) is 27.1 Å². The summed E-state index contributed by atoms with van der Waals surface area (Å²) >= 11 is 12.0. The topological polar surface area (TPSA) is 120 Å². The summed E-state index contributed by atoms with van der Waals surface area (Å²) in [6.07, 6.45) is 0. The molecule has 0 saturated carbocycles. The molecule has 3 rings (SSSR count). The molecule has 0 aliphatic rings. The van der Waals surface area contributed by atoms with Gasteiger partial charge in [0.1, 0.15) is 24.1 Å². The Morgan fingerprint density at radius 1 is 1.11 bits per heavy atom. The van der Waals surface area contributed by atoms with Gasteiger partial charge in [0.15, 0.2) is 11.5 Å². The summed E-state index contributed by atoms with van der Waals surface area (Å²) < 4.78 is 11.4. The number of halogens is 2. The average Bonchev–Trinajstić information content (AvgIpc) is 2.68. The first-order valence-electron chi connectivity index (χ1n) is 8.01. The second-order valence-electron chi connectivity index (χ2n) is 5.68. The molecule has 3 aromatic rings. The Kier molecular flexibility index (Phi) is 5.73. The zero-order valence-corrected chi connectivity index (χ0v) is 16.3. The van der Waals surface area contributed by atoms with Crippen molar-refractivity contribution in [3.05, 3.63) is 57.6 Å². The number of hydrogen-bond donors (Lipinski definition) is 2. The molecule has 28 heavy (non-hydrogen) atoms. The Hall–Kier alpha value is -3.21. The van der Waals surface area contributed by atoms with Crippen molar-refractivity contribution in [1.82, 2.24) is 9.97 Å². The van der Waals surface area contributed by atoms with Crippen LogP contribution in [0.4, 0.5) is 11.8 Å². The molecular weight excluding hydrogens is 401 g/mol. The van der Waals surface area contributed by atoms with Gasteiger partial charge in [0.05, 0.1) is 22.8 Å². The van der Waals surface area contributed by atoms with Gasteiger partial charge in [-0.25, -0.2) is 4.98 Å². The molecule has 0 radical (unpaired) electrons. The molecule has 9 heteroatoms. The van der Waals surface area contributed by atoms with E-state index < -0.39 is 0 Å². The van der Waals surface area contributed by atoms with Gasteiger partial charge in [0, 0.05) is 5.56 Å². The van der Waals surface area contributed by atoms with E-state index >= 15 is 0 Å². The number of nitriles is 1. The summed E-state index contributed by atoms with van der Waals surface area (Å²) in [5, 5.41) is 10.4. The van der Waals surface area contributed by atoms with Gasteiger partial charge in [-0.1, -0.05) is 35.3 Å². The summed E-state index contributed by atoms with van der Waals surface area (Å²) in [4.78, 5) is 8.02. The molecule has 0 aliphatic carbocycles. The third-order valence-corrected chi connectivity index (χ3v) is 4.63. The van der Waals surface area contributed by atoms with Crippen LogP contribution < -0.4 is 20.9 Å². The number of nitrogens with two attached hydrogens (primary N) is 2. The summed E-state index contributed by atoms with van der Waals surface area (Å²) in [6.45, 7) is 0.183. The zero-order valence-electron chi connectivity index (χ0n) is 14.7. The van der Waals surface area contributed by atoms with Gasteiger partial charge in [-0.2, -0.15) is 10.2 Å². The number of rotatable bonds is 5. The molecule has 1 aromatic heterocycles. The van der Waals surface area contributed by atoms with E-state index in [1.54, 1.807) is 36.4 Å². The van der Waals surface area contributed by atoms with Crippen LogP contribution in [-0.2, 0) is 6.61 Å². The minimum absolute atomic E-state index is 0.0109. The standard InChI is InChI=1S/C19H15Cl2N5O2/c1-27-15-4-2-3-11(16-12(8-22)18(23)26-19(24)25-16)17(15)28-9-10-5-6-13(20)14(21)7-10/h2-7H,9H2,1H3,(H4,23,24,25,26). The van der Waals surface area contributed by atoms with Crippen molar-refractivity contribution in [1.29, 1.82) is 5.26 Å². The second kappa shape index (κ2) is 8.21. The summed E-state index contributed by atoms with van der Waals surface area (Å²) in [5.74, 6) is 0.773. The summed E-state index contributed by atoms with van der Waals surface area (Å²) in [5.41, 5.74) is 13.2. The molecule has 0 aliphatic heterocycles. The quantitative estimate of drug-likeness (QED) is 0.643. The van der Waals surface area contributed by atoms with Gasteiger partial charge < -0.3 is 20.9 Å². The van der Waals surface area contributed by atoms with Crippen molar-refractivity contribution in [3.8, 4) is 28.8 Å². The molecule has 0 atom stereocenters. The number of benzene rings is 2. The highest BCUT2D eigenvalue weighted by Crippen LogP contribution is 2.40. The van der Waals surface area contributed by atoms with Gasteiger partial charge in [-0.05, 0) is 29.8 Å². The van der Waals surface area contributed by atoms with E-state index in [2.05, 4.69) is 9.97 Å². The van der Waals surface area contributed by atoms with E-state index in [9.17, 15) is 5.26 Å². The normalized spacial score (nSPS) is 10.4. The lowest BCUT2D eigenvalue weighted by molar-refractivity contribution is 0.286. The fourth-order valence-electron chi connectivity index (χ4n) is 2.60. The van der Waals surface area contributed by atoms with E-state index in [1.165, 1.54) is 7.11 Å². The Morgan fingerprint density at radius 3 is 2.57 bits per heavy atom. The average molecular weight is 416 g/mol. The third-order valence-electron chi connectivity index (χ3n) is 3.89. The molecule has 142 valence electrons. The molecule has 4 N–H and O–H groups in total. The molecule has 2 aromatic carbocycles. The summed E-state index contributed by atoms with van der Waals surface area (Å²) in [7, 11) is 1.51. The van der Waals surface area contributed by atoms with E-state index in [0.717, 1.165) is 5.56 Å². The molecule has 0 amide bonds. The molecule has 0 unspecified atom stereocenters. The number of para-hydroxylation sites is 1. The third kappa shape index (κ3) is 3.88. The number of ether oxygens (including phenoxy) is 2. The van der Waals surface area contributed by atoms with Crippen molar-refractivity contribution in [2.45, 2.75) is 6.61 Å². The summed E-state index contributed by atoms with van der Waals surface area (Å²) in [6, 6.07) is 12.4. The highest BCUT2D eigenvalue weighted by molar-refractivity contribution is 6.42. The van der Waals surface area contributed by atoms with Gasteiger partial charge in [0.2, 0.25) is 5.95 Å². The predicted molar refractivity (Wildman–Crippen MR) is 108 cm³/mol. The maximum atomic E-state index is 9.48. The van der Waals surface area contributed by atoms with Crippen molar-refractivity contribution >= 4 is 35.0 Å². The van der Waals surface area contributed by atoms with Crippen LogP contribution in [0.15, 0.2) is 36.4 Å². The highest BCUT2D eigenvalue weighted by Gasteiger charge is 2.20. The Balaban J connectivity index is 2.07. The molecule has 7 nitrogen and oxygen atoms in total. The fraction of sp³-hybridized carbons (Fsp3) is 0.105. The molecule has 0 spiro atoms. The number of nitrogen functional groups attached to an aromatic ring is 2. The van der Waals surface area contributed by atoms with Gasteiger partial charge in [-0.15, -0.1) is 0 Å². The molecule has 1 heterocycles. The van der Waals surface area contributed by atoms with E-state index in [1.807, 2.05) is 6.07 Å². The van der Waals surface area contributed by atoms with Crippen molar-refractivity contribution in [3.63, 3.8) is 0 Å². The predicted octanol–water partition coefficient (Wildman–Crippen LogP) is 4.07. The maximum absolute atomic E-state index is 9.48. The minimum Gasteiger partial charge on any atom is -0.493 e. The number of nitrogens with zero attached hydrogens (tertiary/aromatic N) is 3. The number of methoxy groups -OCH3 is 1. The van der Waals surface area contributed by atoms with Crippen molar-refractivity contribution in [2.24, 2.45) is 0 Å². The fourth-order valence-corrected chi connectivity index (χ4v) is 2.92. The monoisotopic (exact) mass is 415 g/mol. The highest BCUT2D eigenvalue weighted by atomic mass is 35.5. The van der Waals surface area contributed by atoms with Crippen LogP contribution in [0.2, 0.25) is 10.0 Å². The minimum atomic E-state index is -0.0512. The van der Waals surface area contributed by atoms with Crippen LogP contribution in [0.1, 0.15) is 11.1 Å². The van der Waals surface area contributed by atoms with Crippen LogP contribution in [0.25, 0.3) is 11.3 Å². The SMILES string of the molecule is COc1cccc(-c2nc(N)nc(N)c2C#N)c1OCc1ccc(Cl)c(Cl)c1. The Bertz CT molecular complexity index is 1080. The van der Waals surface area contributed by atoms with Crippen molar-refractivity contribution < 1.29 is 9.47 Å². The smallest absolute Gasteiger partial charge is 0.222 e. The van der Waals surface area contributed by atoms with Gasteiger partial charge in [0.25, 0.3) is 0 Å². The first-order chi connectivity index (χ1) is 13.4. The van der Waals surface area contributed by atoms with Crippen LogP contribution in [0.5, 0.6) is 11.5 Å². The van der Waals surface area contributed by atoms with Crippen LogP contribution in [0, 0.1) is 11.3 Å². The molecule has 0 saturated heterocycles. The van der Waals surface area contributed by atoms with Crippen LogP contribution in [0.3, 0.4) is 0 Å². The number of hydrogen-bond acceptors (Lipinski definition) is 7. The molecular formula is C19H15Cl2N5O2. The van der Waals surface area contributed by atoms with E-state index in [4.69, 9.17) is 44.1 Å². The van der Waals surface area contributed by atoms with Gasteiger partial charge in [-0.3, -0.25) is 0 Å². The Labute approximate surface area is 171 Å². The second-order valence-corrected chi connectivity index (χ2v) is 6.49. The Morgan fingerprint density at radius 2 is 1.89 bits per heavy atom. The lowest BCUT2D eigenvalue weighted by Gasteiger charge is -2.16. The zero-order chi connectivity index (χ0) is 20.3. The largest absolute Gasteiger partial charge is 0.493 e. The van der Waals surface area contributed by atoms with E-state index in [-0.39, 0.29) is 29.6 Å². The molecule has 0 fully saturated rings. The first-order valence-corrected chi connectivity index (χ1v) is 8.77. The maximum Gasteiger partial charge on any atom is 0.222 e. The van der Waals surface area contributed by atoms with Crippen LogP contribution >= 0.6 is 23.2 Å². The molecule has 0 bridgehead atoms. The number of anilines is 2. The first kappa shape index (κ1) is 19.5. The van der Waals surface area contributed by atoms with Crippen LogP contribution in [-0.4, -0.2) is 17.1 Å². The van der Waals surface area contributed by atoms with Gasteiger partial charge >= 0.3 is 0 Å². The lowest BCUT2D eigenvalue weighted by Crippen LogP contribution is -2.06. The number of aromatic nitrogens is 2.